The van der Waals surface area contributed by atoms with E-state index in [9.17, 15) is 15.0 Å². The lowest BCUT2D eigenvalue weighted by molar-refractivity contribution is 0.0997. The van der Waals surface area contributed by atoms with Crippen molar-refractivity contribution in [2.45, 2.75) is 32.1 Å². The molecule has 0 aliphatic rings. The molecule has 2 unspecified atom stereocenters. The molecule has 0 saturated heterocycles. The summed E-state index contributed by atoms with van der Waals surface area (Å²) in [5.41, 5.74) is 6.87. The number of aromatic hydroxyl groups is 1. The first kappa shape index (κ1) is 19.9. The van der Waals surface area contributed by atoms with Crippen LogP contribution in [0.15, 0.2) is 48.5 Å². The van der Waals surface area contributed by atoms with E-state index in [1.807, 2.05) is 37.3 Å². The lowest BCUT2D eigenvalue weighted by Gasteiger charge is -2.18. The van der Waals surface area contributed by atoms with Crippen molar-refractivity contribution in [2.24, 2.45) is 5.73 Å². The predicted molar refractivity (Wildman–Crippen MR) is 99.8 cm³/mol. The second-order valence-corrected chi connectivity index (χ2v) is 6.29. The van der Waals surface area contributed by atoms with Crippen LogP contribution in [-0.2, 0) is 11.3 Å². The van der Waals surface area contributed by atoms with E-state index in [4.69, 9.17) is 10.5 Å². The summed E-state index contributed by atoms with van der Waals surface area (Å²) in [7, 11) is 0. The first-order valence-corrected chi connectivity index (χ1v) is 8.63. The van der Waals surface area contributed by atoms with Gasteiger partial charge in [0, 0.05) is 19.2 Å². The Bertz CT molecular complexity index is 706. The minimum Gasteiger partial charge on any atom is -0.507 e. The average Bonchev–Trinajstić information content (AvgIpc) is 2.64. The van der Waals surface area contributed by atoms with Crippen molar-refractivity contribution >= 4 is 5.91 Å². The molecule has 2 rings (SSSR count). The number of nitrogens with two attached hydrogens (primary N) is 1. The van der Waals surface area contributed by atoms with Crippen LogP contribution < -0.4 is 11.1 Å². The van der Waals surface area contributed by atoms with Gasteiger partial charge in [-0.2, -0.15) is 0 Å². The molecule has 0 bridgehead atoms. The Morgan fingerprint density at radius 1 is 1.23 bits per heavy atom. The summed E-state index contributed by atoms with van der Waals surface area (Å²) in [6.45, 7) is 3.54. The summed E-state index contributed by atoms with van der Waals surface area (Å²) in [5, 5.41) is 23.1. The monoisotopic (exact) mass is 358 g/mol. The highest BCUT2D eigenvalue weighted by molar-refractivity contribution is 5.95. The number of hydrogen-bond donors (Lipinski definition) is 4. The van der Waals surface area contributed by atoms with E-state index >= 15 is 0 Å². The molecule has 5 N–H and O–H groups in total. The number of aliphatic hydroxyl groups excluding tert-OH is 1. The van der Waals surface area contributed by atoms with Gasteiger partial charge in [-0.25, -0.2) is 0 Å². The maximum absolute atomic E-state index is 11.3. The van der Waals surface area contributed by atoms with Crippen LogP contribution in [0.1, 0.15) is 40.9 Å². The molecule has 140 valence electrons. The number of aliphatic hydroxyl groups is 1. The highest BCUT2D eigenvalue weighted by Gasteiger charge is 2.14. The minimum atomic E-state index is -0.804. The Labute approximate surface area is 153 Å². The van der Waals surface area contributed by atoms with Crippen molar-refractivity contribution in [3.8, 4) is 5.75 Å². The third kappa shape index (κ3) is 6.15. The summed E-state index contributed by atoms with van der Waals surface area (Å²) in [4.78, 5) is 11.3. The Hall–Kier alpha value is -2.41. The first-order chi connectivity index (χ1) is 12.5. The fraction of sp³-hybridized carbons (Fsp3) is 0.350. The molecule has 0 aromatic heterocycles. The van der Waals surface area contributed by atoms with Gasteiger partial charge in [-0.3, -0.25) is 4.79 Å². The standard InChI is InChI=1S/C20H26N2O4/c1-14(9-10-26-13-15-5-3-2-4-6-15)22-12-19(24)16-7-8-18(23)17(11-16)20(21)25/h2-8,11,14,19,22-24H,9-10,12-13H2,1H3,(H2,21,25). The fourth-order valence-corrected chi connectivity index (χ4v) is 2.52. The third-order valence-electron chi connectivity index (χ3n) is 4.14. The van der Waals surface area contributed by atoms with Crippen LogP contribution in [0.3, 0.4) is 0 Å². The average molecular weight is 358 g/mol. The minimum absolute atomic E-state index is 0.00362. The summed E-state index contributed by atoms with van der Waals surface area (Å²) >= 11 is 0. The van der Waals surface area contributed by atoms with Gasteiger partial charge in [0.25, 0.3) is 5.91 Å². The number of primary amides is 1. The van der Waals surface area contributed by atoms with Crippen LogP contribution in [0.2, 0.25) is 0 Å². The second kappa shape index (κ2) is 9.91. The van der Waals surface area contributed by atoms with E-state index in [-0.39, 0.29) is 17.4 Å². The molecule has 1 amide bonds. The van der Waals surface area contributed by atoms with Crippen LogP contribution in [0.25, 0.3) is 0 Å². The van der Waals surface area contributed by atoms with E-state index in [0.29, 0.717) is 25.3 Å². The molecule has 0 aliphatic heterocycles. The maximum Gasteiger partial charge on any atom is 0.252 e. The van der Waals surface area contributed by atoms with E-state index in [1.165, 1.54) is 12.1 Å². The van der Waals surface area contributed by atoms with Gasteiger partial charge < -0.3 is 26.0 Å². The third-order valence-corrected chi connectivity index (χ3v) is 4.14. The number of phenols is 1. The van der Waals surface area contributed by atoms with Crippen LogP contribution in [0.4, 0.5) is 0 Å². The molecule has 0 heterocycles. The van der Waals surface area contributed by atoms with Gasteiger partial charge in [0.1, 0.15) is 5.75 Å². The van der Waals surface area contributed by atoms with Crippen molar-refractivity contribution in [3.05, 3.63) is 65.2 Å². The van der Waals surface area contributed by atoms with Gasteiger partial charge in [-0.05, 0) is 36.6 Å². The molecule has 26 heavy (non-hydrogen) atoms. The summed E-state index contributed by atoms with van der Waals surface area (Å²) in [6, 6.07) is 14.5. The smallest absolute Gasteiger partial charge is 0.252 e. The predicted octanol–water partition coefficient (Wildman–Crippen LogP) is 2.11. The Balaban J connectivity index is 1.72. The number of carbonyl (C=O) groups excluding carboxylic acids is 1. The first-order valence-electron chi connectivity index (χ1n) is 8.63. The second-order valence-electron chi connectivity index (χ2n) is 6.29. The van der Waals surface area contributed by atoms with Gasteiger partial charge >= 0.3 is 0 Å². The van der Waals surface area contributed by atoms with Crippen molar-refractivity contribution in [3.63, 3.8) is 0 Å². The van der Waals surface area contributed by atoms with Crippen molar-refractivity contribution in [1.29, 1.82) is 0 Å². The van der Waals surface area contributed by atoms with Crippen LogP contribution in [-0.4, -0.2) is 35.3 Å². The number of carbonyl (C=O) groups is 1. The lowest BCUT2D eigenvalue weighted by atomic mass is 10.0. The molecule has 6 heteroatoms. The zero-order chi connectivity index (χ0) is 18.9. The van der Waals surface area contributed by atoms with Gasteiger partial charge in [-0.1, -0.05) is 36.4 Å². The van der Waals surface area contributed by atoms with Gasteiger partial charge in [0.05, 0.1) is 18.3 Å². The molecule has 0 saturated carbocycles. The molecular formula is C20H26N2O4. The van der Waals surface area contributed by atoms with Crippen molar-refractivity contribution in [2.75, 3.05) is 13.2 Å². The zero-order valence-electron chi connectivity index (χ0n) is 14.9. The zero-order valence-corrected chi connectivity index (χ0v) is 14.9. The van der Waals surface area contributed by atoms with Crippen LogP contribution >= 0.6 is 0 Å². The van der Waals surface area contributed by atoms with E-state index < -0.39 is 12.0 Å². The molecule has 2 aromatic rings. The van der Waals surface area contributed by atoms with E-state index in [1.54, 1.807) is 6.07 Å². The van der Waals surface area contributed by atoms with E-state index in [2.05, 4.69) is 5.32 Å². The molecular weight excluding hydrogens is 332 g/mol. The quantitative estimate of drug-likeness (QED) is 0.487. The fourth-order valence-electron chi connectivity index (χ4n) is 2.52. The number of benzene rings is 2. The van der Waals surface area contributed by atoms with Crippen molar-refractivity contribution < 1.29 is 19.7 Å². The lowest BCUT2D eigenvalue weighted by Crippen LogP contribution is -2.31. The largest absolute Gasteiger partial charge is 0.507 e. The van der Waals surface area contributed by atoms with Gasteiger partial charge in [0.2, 0.25) is 0 Å². The topological polar surface area (TPSA) is 105 Å². The van der Waals surface area contributed by atoms with Crippen molar-refractivity contribution in [1.82, 2.24) is 5.32 Å². The number of hydrogen-bond acceptors (Lipinski definition) is 5. The molecule has 2 atom stereocenters. The molecule has 0 spiro atoms. The molecule has 0 aliphatic carbocycles. The molecule has 0 fully saturated rings. The highest BCUT2D eigenvalue weighted by Crippen LogP contribution is 2.22. The summed E-state index contributed by atoms with van der Waals surface area (Å²) < 4.78 is 5.66. The number of amides is 1. The summed E-state index contributed by atoms with van der Waals surface area (Å²) in [6.07, 6.45) is 0.00294. The highest BCUT2D eigenvalue weighted by atomic mass is 16.5. The van der Waals surface area contributed by atoms with Crippen LogP contribution in [0.5, 0.6) is 5.75 Å². The molecule has 2 aromatic carbocycles. The van der Waals surface area contributed by atoms with Gasteiger partial charge in [-0.15, -0.1) is 0 Å². The Morgan fingerprint density at radius 3 is 2.65 bits per heavy atom. The molecule has 0 radical (unpaired) electrons. The Morgan fingerprint density at radius 2 is 1.96 bits per heavy atom. The van der Waals surface area contributed by atoms with E-state index in [0.717, 1.165) is 12.0 Å². The summed E-state index contributed by atoms with van der Waals surface area (Å²) in [5.74, 6) is -0.918. The van der Waals surface area contributed by atoms with Crippen LogP contribution in [0, 0.1) is 0 Å². The van der Waals surface area contributed by atoms with Gasteiger partial charge in [0.15, 0.2) is 0 Å². The normalized spacial score (nSPS) is 13.3. The SMILES string of the molecule is CC(CCOCc1ccccc1)NCC(O)c1ccc(O)c(C(N)=O)c1. The number of ether oxygens (including phenoxy) is 1. The number of nitrogens with one attached hydrogen (secondary N) is 1. The number of rotatable bonds is 10. The maximum atomic E-state index is 11.3. The molecule has 6 nitrogen and oxygen atoms in total. The Kier molecular flexibility index (Phi) is 7.59.